The zero-order valence-corrected chi connectivity index (χ0v) is 8.37. The lowest BCUT2D eigenvalue weighted by Gasteiger charge is -1.96. The SMILES string of the molecule is Fc1cc(F)cc(-c2nc(Cl)cs2)c1. The highest BCUT2D eigenvalue weighted by atomic mass is 35.5. The highest BCUT2D eigenvalue weighted by molar-refractivity contribution is 7.13. The van der Waals surface area contributed by atoms with E-state index in [4.69, 9.17) is 11.6 Å². The van der Waals surface area contributed by atoms with Gasteiger partial charge in [0.2, 0.25) is 0 Å². The van der Waals surface area contributed by atoms with E-state index < -0.39 is 11.6 Å². The van der Waals surface area contributed by atoms with Gasteiger partial charge in [-0.05, 0) is 12.1 Å². The number of rotatable bonds is 1. The van der Waals surface area contributed by atoms with Crippen molar-refractivity contribution in [3.63, 3.8) is 0 Å². The van der Waals surface area contributed by atoms with Crippen molar-refractivity contribution >= 4 is 22.9 Å². The maximum atomic E-state index is 12.8. The fourth-order valence-electron chi connectivity index (χ4n) is 1.06. The van der Waals surface area contributed by atoms with Gasteiger partial charge >= 0.3 is 0 Å². The molecule has 2 aromatic rings. The number of benzene rings is 1. The van der Waals surface area contributed by atoms with Crippen molar-refractivity contribution in [2.75, 3.05) is 0 Å². The van der Waals surface area contributed by atoms with Crippen LogP contribution in [-0.2, 0) is 0 Å². The fourth-order valence-corrected chi connectivity index (χ4v) is 2.00. The summed E-state index contributed by atoms with van der Waals surface area (Å²) in [5.41, 5.74) is 0.402. The minimum Gasteiger partial charge on any atom is -0.224 e. The van der Waals surface area contributed by atoms with Crippen LogP contribution in [0.4, 0.5) is 8.78 Å². The Morgan fingerprint density at radius 1 is 1.14 bits per heavy atom. The fraction of sp³-hybridized carbons (Fsp3) is 0. The topological polar surface area (TPSA) is 12.9 Å². The van der Waals surface area contributed by atoms with Gasteiger partial charge in [-0.1, -0.05) is 11.6 Å². The largest absolute Gasteiger partial charge is 0.224 e. The molecule has 0 unspecified atom stereocenters. The van der Waals surface area contributed by atoms with E-state index in [9.17, 15) is 8.78 Å². The number of nitrogens with zero attached hydrogens (tertiary/aromatic N) is 1. The summed E-state index contributed by atoms with van der Waals surface area (Å²) in [6, 6.07) is 3.26. The third-order valence-electron chi connectivity index (χ3n) is 1.59. The molecule has 0 N–H and O–H groups in total. The third kappa shape index (κ3) is 1.91. The van der Waals surface area contributed by atoms with E-state index in [-0.39, 0.29) is 0 Å². The molecule has 14 heavy (non-hydrogen) atoms. The van der Waals surface area contributed by atoms with Crippen molar-refractivity contribution < 1.29 is 8.78 Å². The van der Waals surface area contributed by atoms with Crippen molar-refractivity contribution in [3.05, 3.63) is 40.4 Å². The molecule has 0 fully saturated rings. The van der Waals surface area contributed by atoms with Gasteiger partial charge < -0.3 is 0 Å². The van der Waals surface area contributed by atoms with Crippen LogP contribution in [0.2, 0.25) is 5.15 Å². The lowest BCUT2D eigenvalue weighted by molar-refractivity contribution is 0.584. The lowest BCUT2D eigenvalue weighted by Crippen LogP contribution is -1.82. The quantitative estimate of drug-likeness (QED) is 0.729. The zero-order chi connectivity index (χ0) is 10.1. The molecule has 0 bridgehead atoms. The molecule has 1 heterocycles. The number of hydrogen-bond acceptors (Lipinski definition) is 2. The minimum atomic E-state index is -0.619. The smallest absolute Gasteiger partial charge is 0.140 e. The van der Waals surface area contributed by atoms with Gasteiger partial charge in [-0.3, -0.25) is 0 Å². The second-order valence-corrected chi connectivity index (χ2v) is 3.88. The molecule has 5 heteroatoms. The summed E-state index contributed by atoms with van der Waals surface area (Å²) in [5, 5.41) is 2.45. The van der Waals surface area contributed by atoms with Crippen LogP contribution in [0.1, 0.15) is 0 Å². The third-order valence-corrected chi connectivity index (χ3v) is 2.80. The van der Waals surface area contributed by atoms with E-state index in [0.717, 1.165) is 6.07 Å². The van der Waals surface area contributed by atoms with Crippen molar-refractivity contribution in [1.82, 2.24) is 4.98 Å². The van der Waals surface area contributed by atoms with E-state index >= 15 is 0 Å². The average molecular weight is 232 g/mol. The van der Waals surface area contributed by atoms with Crippen molar-refractivity contribution in [3.8, 4) is 10.6 Å². The zero-order valence-electron chi connectivity index (χ0n) is 6.80. The molecule has 0 aliphatic heterocycles. The minimum absolute atomic E-state index is 0.328. The van der Waals surface area contributed by atoms with E-state index in [0.29, 0.717) is 15.7 Å². The molecule has 0 aliphatic carbocycles. The first-order valence-electron chi connectivity index (χ1n) is 3.72. The summed E-state index contributed by atoms with van der Waals surface area (Å²) in [6.45, 7) is 0. The van der Waals surface area contributed by atoms with Crippen LogP contribution in [0.3, 0.4) is 0 Å². The maximum absolute atomic E-state index is 12.8. The van der Waals surface area contributed by atoms with Crippen molar-refractivity contribution in [1.29, 1.82) is 0 Å². The summed E-state index contributed by atoms with van der Waals surface area (Å²) in [4.78, 5) is 3.91. The van der Waals surface area contributed by atoms with Gasteiger partial charge in [-0.25, -0.2) is 13.8 Å². The molecule has 0 saturated carbocycles. The van der Waals surface area contributed by atoms with E-state index in [1.807, 2.05) is 0 Å². The highest BCUT2D eigenvalue weighted by Gasteiger charge is 2.06. The molecule has 0 amide bonds. The van der Waals surface area contributed by atoms with Gasteiger partial charge in [0.15, 0.2) is 0 Å². The Balaban J connectivity index is 2.51. The van der Waals surface area contributed by atoms with Gasteiger partial charge in [0.05, 0.1) is 0 Å². The Bertz CT molecular complexity index is 449. The van der Waals surface area contributed by atoms with Crippen LogP contribution in [-0.4, -0.2) is 4.98 Å². The number of hydrogen-bond donors (Lipinski definition) is 0. The van der Waals surface area contributed by atoms with Crippen LogP contribution in [0.25, 0.3) is 10.6 Å². The molecule has 1 aromatic carbocycles. The number of aromatic nitrogens is 1. The molecule has 0 radical (unpaired) electrons. The van der Waals surface area contributed by atoms with E-state index in [1.54, 1.807) is 5.38 Å². The molecule has 0 aliphatic rings. The standard InChI is InChI=1S/C9H4ClF2NS/c10-8-4-14-9(13-8)5-1-6(11)3-7(12)2-5/h1-4H. The highest BCUT2D eigenvalue weighted by Crippen LogP contribution is 2.26. The second-order valence-electron chi connectivity index (χ2n) is 2.63. The molecule has 72 valence electrons. The Kier molecular flexibility index (Phi) is 2.48. The predicted molar refractivity (Wildman–Crippen MR) is 52.5 cm³/mol. The summed E-state index contributed by atoms with van der Waals surface area (Å²) >= 11 is 6.85. The first kappa shape index (κ1) is 9.55. The van der Waals surface area contributed by atoms with Crippen molar-refractivity contribution in [2.45, 2.75) is 0 Å². The number of thiazole rings is 1. The van der Waals surface area contributed by atoms with Gasteiger partial charge in [0, 0.05) is 17.0 Å². The summed E-state index contributed by atoms with van der Waals surface area (Å²) in [7, 11) is 0. The molecular weight excluding hydrogens is 228 g/mol. The molecule has 0 atom stereocenters. The predicted octanol–water partition coefficient (Wildman–Crippen LogP) is 3.74. The van der Waals surface area contributed by atoms with Gasteiger partial charge in [0.1, 0.15) is 21.8 Å². The molecule has 1 nitrogen and oxygen atoms in total. The van der Waals surface area contributed by atoms with Crippen LogP contribution in [0.15, 0.2) is 23.6 Å². The Hall–Kier alpha value is -1.000. The van der Waals surface area contributed by atoms with E-state index in [2.05, 4.69) is 4.98 Å². The first-order valence-corrected chi connectivity index (χ1v) is 4.98. The Morgan fingerprint density at radius 3 is 2.29 bits per heavy atom. The van der Waals surface area contributed by atoms with Crippen LogP contribution in [0.5, 0.6) is 0 Å². The second kappa shape index (κ2) is 3.63. The summed E-state index contributed by atoms with van der Waals surface area (Å²) in [6.07, 6.45) is 0. The van der Waals surface area contributed by atoms with Gasteiger partial charge in [-0.2, -0.15) is 0 Å². The van der Waals surface area contributed by atoms with Crippen LogP contribution in [0, 0.1) is 11.6 Å². The van der Waals surface area contributed by atoms with Crippen LogP contribution >= 0.6 is 22.9 Å². The number of halogens is 3. The van der Waals surface area contributed by atoms with E-state index in [1.165, 1.54) is 23.5 Å². The van der Waals surface area contributed by atoms with Gasteiger partial charge in [-0.15, -0.1) is 11.3 Å². The summed E-state index contributed by atoms with van der Waals surface area (Å²) in [5.74, 6) is -1.24. The normalized spacial score (nSPS) is 10.5. The lowest BCUT2D eigenvalue weighted by atomic mass is 10.2. The van der Waals surface area contributed by atoms with Crippen LogP contribution < -0.4 is 0 Å². The summed E-state index contributed by atoms with van der Waals surface area (Å²) < 4.78 is 25.6. The molecule has 0 saturated heterocycles. The molecular formula is C9H4ClF2NS. The average Bonchev–Trinajstić information content (AvgIpc) is 2.50. The Morgan fingerprint density at radius 2 is 1.79 bits per heavy atom. The monoisotopic (exact) mass is 231 g/mol. The van der Waals surface area contributed by atoms with Gasteiger partial charge in [0.25, 0.3) is 0 Å². The van der Waals surface area contributed by atoms with Crippen molar-refractivity contribution in [2.24, 2.45) is 0 Å². The molecule has 0 spiro atoms. The maximum Gasteiger partial charge on any atom is 0.140 e. The molecule has 2 rings (SSSR count). The molecule has 1 aromatic heterocycles. The Labute approximate surface area is 88.0 Å². The first-order chi connectivity index (χ1) is 6.65.